The van der Waals surface area contributed by atoms with Gasteiger partial charge >= 0.3 is 11.7 Å². The van der Waals surface area contributed by atoms with Crippen LogP contribution in [-0.2, 0) is 16.0 Å². The van der Waals surface area contributed by atoms with Gasteiger partial charge in [0.15, 0.2) is 5.75 Å². The van der Waals surface area contributed by atoms with E-state index in [0.717, 1.165) is 5.56 Å². The molecule has 21 heavy (non-hydrogen) atoms. The van der Waals surface area contributed by atoms with E-state index in [1.54, 1.807) is 12.1 Å². The Balaban J connectivity index is 2.86. The van der Waals surface area contributed by atoms with E-state index in [1.807, 2.05) is 13.8 Å². The molecule has 7 nitrogen and oxygen atoms in total. The maximum atomic E-state index is 11.5. The summed E-state index contributed by atoms with van der Waals surface area (Å²) in [5, 5.41) is 14.0. The highest BCUT2D eigenvalue weighted by Gasteiger charge is 2.21. The average molecular weight is 296 g/mol. The molecule has 0 saturated carbocycles. The molecule has 7 heteroatoms. The van der Waals surface area contributed by atoms with Crippen LogP contribution < -0.4 is 10.1 Å². The summed E-state index contributed by atoms with van der Waals surface area (Å²) in [7, 11) is 1.28. The van der Waals surface area contributed by atoms with Gasteiger partial charge in [0, 0.05) is 6.07 Å². The molecule has 0 radical (unpaired) electrons. The lowest BCUT2D eigenvalue weighted by Crippen LogP contribution is -2.42. The summed E-state index contributed by atoms with van der Waals surface area (Å²) < 4.78 is 10.1. The lowest BCUT2D eigenvalue weighted by Gasteiger charge is -2.16. The summed E-state index contributed by atoms with van der Waals surface area (Å²) in [6.07, 6.45) is 0.698. The van der Waals surface area contributed by atoms with Crippen LogP contribution in [0, 0.1) is 10.1 Å². The van der Waals surface area contributed by atoms with Gasteiger partial charge in [0.2, 0.25) is 0 Å². The van der Waals surface area contributed by atoms with Gasteiger partial charge in [-0.15, -0.1) is 0 Å². The molecule has 0 aliphatic carbocycles. The third-order valence-corrected chi connectivity index (χ3v) is 2.97. The Morgan fingerprint density at radius 1 is 1.43 bits per heavy atom. The number of ether oxygens (including phenoxy) is 2. The average Bonchev–Trinajstić information content (AvgIpc) is 2.50. The fourth-order valence-electron chi connectivity index (χ4n) is 1.82. The van der Waals surface area contributed by atoms with E-state index >= 15 is 0 Å². The van der Waals surface area contributed by atoms with Gasteiger partial charge in [-0.1, -0.05) is 19.9 Å². The molecule has 1 aromatic rings. The van der Waals surface area contributed by atoms with Gasteiger partial charge in [-0.3, -0.25) is 14.9 Å². The first kappa shape index (κ1) is 16.9. The molecule has 0 amide bonds. The molecule has 1 N–H and O–H groups in total. The van der Waals surface area contributed by atoms with Crippen LogP contribution in [0.15, 0.2) is 18.2 Å². The minimum Gasteiger partial charge on any atom is -0.485 e. The number of methoxy groups -OCH3 is 1. The number of likely N-dealkylation sites (N-methyl/N-ethyl adjacent to an activating group) is 1. The number of hydrogen-bond donors (Lipinski definition) is 1. The third kappa shape index (κ3) is 4.71. The zero-order valence-corrected chi connectivity index (χ0v) is 12.4. The Bertz CT molecular complexity index is 504. The van der Waals surface area contributed by atoms with Crippen molar-refractivity contribution in [1.82, 2.24) is 5.32 Å². The summed E-state index contributed by atoms with van der Waals surface area (Å²) >= 11 is 0. The molecule has 116 valence electrons. The Morgan fingerprint density at radius 2 is 2.14 bits per heavy atom. The van der Waals surface area contributed by atoms with Crippen LogP contribution in [0.3, 0.4) is 0 Å². The maximum absolute atomic E-state index is 11.5. The van der Waals surface area contributed by atoms with Crippen LogP contribution in [0.5, 0.6) is 5.75 Å². The van der Waals surface area contributed by atoms with Gasteiger partial charge in [0.1, 0.15) is 12.6 Å². The molecule has 1 unspecified atom stereocenters. The zero-order chi connectivity index (χ0) is 15.8. The van der Waals surface area contributed by atoms with Gasteiger partial charge in [0.05, 0.1) is 12.0 Å². The molecule has 1 aromatic carbocycles. The van der Waals surface area contributed by atoms with Crippen molar-refractivity contribution in [3.05, 3.63) is 33.9 Å². The van der Waals surface area contributed by atoms with Crippen molar-refractivity contribution < 1.29 is 19.2 Å². The highest BCUT2D eigenvalue weighted by Crippen LogP contribution is 2.28. The Morgan fingerprint density at radius 3 is 2.67 bits per heavy atom. The molecular formula is C14H20N2O5. The summed E-state index contributed by atoms with van der Waals surface area (Å²) in [5.41, 5.74) is 0.750. The molecule has 1 rings (SSSR count). The van der Waals surface area contributed by atoms with Crippen LogP contribution in [0.2, 0.25) is 0 Å². The SMILES string of the molecule is CCNC(COc1ccc(CC)cc1[N+](=O)[O-])C(=O)OC. The second-order valence-electron chi connectivity index (χ2n) is 4.36. The lowest BCUT2D eigenvalue weighted by molar-refractivity contribution is -0.385. The number of nitrogens with zero attached hydrogens (tertiary/aromatic N) is 1. The van der Waals surface area contributed by atoms with Crippen molar-refractivity contribution in [3.63, 3.8) is 0 Å². The Labute approximate surface area is 123 Å². The van der Waals surface area contributed by atoms with E-state index in [0.29, 0.717) is 13.0 Å². The number of carbonyl (C=O) groups is 1. The molecule has 0 aliphatic heterocycles. The number of nitrogens with one attached hydrogen (secondary N) is 1. The lowest BCUT2D eigenvalue weighted by atomic mass is 10.1. The fraction of sp³-hybridized carbons (Fsp3) is 0.500. The standard InChI is InChI=1S/C14H20N2O5/c1-4-10-6-7-13(12(8-10)16(18)19)21-9-11(15-5-2)14(17)20-3/h6-8,11,15H,4-5,9H2,1-3H3. The van der Waals surface area contributed by atoms with Crippen molar-refractivity contribution in [3.8, 4) is 5.75 Å². The minimum atomic E-state index is -0.662. The second kappa shape index (κ2) is 8.21. The zero-order valence-electron chi connectivity index (χ0n) is 12.4. The molecule has 1 atom stereocenters. The first-order valence-corrected chi connectivity index (χ1v) is 6.74. The topological polar surface area (TPSA) is 90.7 Å². The molecule has 0 aromatic heterocycles. The number of rotatable bonds is 8. The van der Waals surface area contributed by atoms with Crippen molar-refractivity contribution in [1.29, 1.82) is 0 Å². The van der Waals surface area contributed by atoms with Crippen LogP contribution in [-0.4, -0.2) is 37.2 Å². The normalized spacial score (nSPS) is 11.8. The minimum absolute atomic E-state index is 0.0349. The number of nitro groups is 1. The van der Waals surface area contributed by atoms with Crippen molar-refractivity contribution in [2.45, 2.75) is 26.3 Å². The van der Waals surface area contributed by atoms with Crippen molar-refractivity contribution >= 4 is 11.7 Å². The van der Waals surface area contributed by atoms with Gasteiger partial charge in [-0.2, -0.15) is 0 Å². The Hall–Kier alpha value is -2.15. The van der Waals surface area contributed by atoms with E-state index in [-0.39, 0.29) is 18.0 Å². The van der Waals surface area contributed by atoms with Crippen molar-refractivity contribution in [2.24, 2.45) is 0 Å². The van der Waals surface area contributed by atoms with Crippen molar-refractivity contribution in [2.75, 3.05) is 20.3 Å². The number of carbonyl (C=O) groups excluding carboxylic acids is 1. The number of esters is 1. The van der Waals surface area contributed by atoms with Crippen LogP contribution in [0.4, 0.5) is 5.69 Å². The summed E-state index contributed by atoms with van der Waals surface area (Å²) in [6.45, 7) is 4.28. The first-order valence-electron chi connectivity index (χ1n) is 6.74. The van der Waals surface area contributed by atoms with Crippen LogP contribution in [0.25, 0.3) is 0 Å². The van der Waals surface area contributed by atoms with Crippen LogP contribution in [0.1, 0.15) is 19.4 Å². The van der Waals surface area contributed by atoms with Gasteiger partial charge in [-0.05, 0) is 24.6 Å². The smallest absolute Gasteiger partial charge is 0.326 e. The highest BCUT2D eigenvalue weighted by atomic mass is 16.6. The fourth-order valence-corrected chi connectivity index (χ4v) is 1.82. The third-order valence-electron chi connectivity index (χ3n) is 2.97. The van der Waals surface area contributed by atoms with E-state index in [2.05, 4.69) is 10.1 Å². The number of aryl methyl sites for hydroxylation is 1. The molecule has 0 bridgehead atoms. The van der Waals surface area contributed by atoms with Gasteiger partial charge in [-0.25, -0.2) is 0 Å². The summed E-state index contributed by atoms with van der Waals surface area (Å²) in [5.74, 6) is -0.325. The molecule has 0 saturated heterocycles. The highest BCUT2D eigenvalue weighted by molar-refractivity contribution is 5.75. The number of hydrogen-bond acceptors (Lipinski definition) is 6. The maximum Gasteiger partial charge on any atom is 0.326 e. The quantitative estimate of drug-likeness (QED) is 0.446. The number of nitro benzene ring substituents is 1. The predicted octanol–water partition coefficient (Wildman–Crippen LogP) is 1.69. The van der Waals surface area contributed by atoms with E-state index in [9.17, 15) is 14.9 Å². The Kier molecular flexibility index (Phi) is 6.61. The molecule has 0 fully saturated rings. The second-order valence-corrected chi connectivity index (χ2v) is 4.36. The molecule has 0 heterocycles. The molecular weight excluding hydrogens is 276 g/mol. The summed E-state index contributed by atoms with van der Waals surface area (Å²) in [6, 6.07) is 4.14. The van der Waals surface area contributed by atoms with Crippen LogP contribution >= 0.6 is 0 Å². The molecule has 0 spiro atoms. The molecule has 0 aliphatic rings. The summed E-state index contributed by atoms with van der Waals surface area (Å²) in [4.78, 5) is 22.1. The monoisotopic (exact) mass is 296 g/mol. The number of benzene rings is 1. The van der Waals surface area contributed by atoms with E-state index < -0.39 is 16.9 Å². The largest absolute Gasteiger partial charge is 0.485 e. The van der Waals surface area contributed by atoms with Gasteiger partial charge < -0.3 is 14.8 Å². The van der Waals surface area contributed by atoms with E-state index in [4.69, 9.17) is 4.74 Å². The van der Waals surface area contributed by atoms with E-state index in [1.165, 1.54) is 13.2 Å². The van der Waals surface area contributed by atoms with Gasteiger partial charge in [0.25, 0.3) is 0 Å². The first-order chi connectivity index (χ1) is 10.0. The predicted molar refractivity (Wildman–Crippen MR) is 77.5 cm³/mol.